The molecule has 27 heavy (non-hydrogen) atoms. The highest BCUT2D eigenvalue weighted by Crippen LogP contribution is 2.07. The first kappa shape index (κ1) is 25.5. The first-order valence-electron chi connectivity index (χ1n) is 9.90. The van der Waals surface area contributed by atoms with Gasteiger partial charge in [-0.05, 0) is 34.1 Å². The predicted molar refractivity (Wildman–Crippen MR) is 109 cm³/mol. The van der Waals surface area contributed by atoms with Crippen LogP contribution in [0.2, 0.25) is 0 Å². The first-order valence-corrected chi connectivity index (χ1v) is 9.90. The van der Waals surface area contributed by atoms with Crippen LogP contribution in [0.3, 0.4) is 0 Å². The molecule has 0 aliphatic heterocycles. The lowest BCUT2D eigenvalue weighted by atomic mass is 10.1. The summed E-state index contributed by atoms with van der Waals surface area (Å²) in [6, 6.07) is 0.0738. The number of nitrogens with one attached hydrogen (secondary N) is 3. The van der Waals surface area contributed by atoms with Crippen molar-refractivity contribution < 1.29 is 19.0 Å². The molecule has 0 aliphatic rings. The van der Waals surface area contributed by atoms with Crippen LogP contribution >= 0.6 is 0 Å². The van der Waals surface area contributed by atoms with Crippen LogP contribution in [-0.2, 0) is 14.2 Å². The van der Waals surface area contributed by atoms with E-state index in [-0.39, 0.29) is 6.04 Å². The Morgan fingerprint density at radius 3 is 2.44 bits per heavy atom. The molecule has 1 amide bonds. The lowest BCUT2D eigenvalue weighted by Crippen LogP contribution is -2.49. The van der Waals surface area contributed by atoms with E-state index in [1.807, 2.05) is 27.7 Å². The predicted octanol–water partition coefficient (Wildman–Crippen LogP) is 2.29. The molecule has 0 rings (SSSR count). The van der Waals surface area contributed by atoms with Crippen LogP contribution in [0.15, 0.2) is 4.99 Å². The highest BCUT2D eigenvalue weighted by atomic mass is 16.6. The summed E-state index contributed by atoms with van der Waals surface area (Å²) in [6.45, 7) is 13.2. The molecular weight excluding hydrogens is 348 g/mol. The van der Waals surface area contributed by atoms with Crippen molar-refractivity contribution in [2.75, 3.05) is 46.6 Å². The number of alkyl carbamates (subject to hydrolysis) is 1. The number of ether oxygens (including phenoxy) is 3. The average molecular weight is 389 g/mol. The summed E-state index contributed by atoms with van der Waals surface area (Å²) >= 11 is 0. The fraction of sp³-hybridized carbons (Fsp3) is 0.895. The maximum atomic E-state index is 11.9. The van der Waals surface area contributed by atoms with Gasteiger partial charge in [-0.25, -0.2) is 4.79 Å². The van der Waals surface area contributed by atoms with E-state index in [1.54, 1.807) is 7.11 Å². The summed E-state index contributed by atoms with van der Waals surface area (Å²) < 4.78 is 15.7. The number of amides is 1. The van der Waals surface area contributed by atoms with E-state index in [2.05, 4.69) is 27.9 Å². The quantitative estimate of drug-likeness (QED) is 0.255. The first-order chi connectivity index (χ1) is 12.8. The van der Waals surface area contributed by atoms with Gasteiger partial charge in [0.2, 0.25) is 0 Å². The van der Waals surface area contributed by atoms with Crippen molar-refractivity contribution in [2.24, 2.45) is 4.99 Å². The van der Waals surface area contributed by atoms with Crippen LogP contribution in [0, 0.1) is 0 Å². The van der Waals surface area contributed by atoms with Crippen molar-refractivity contribution in [2.45, 2.75) is 65.5 Å². The fourth-order valence-electron chi connectivity index (χ4n) is 2.18. The van der Waals surface area contributed by atoms with Crippen molar-refractivity contribution in [3.63, 3.8) is 0 Å². The maximum Gasteiger partial charge on any atom is 0.407 e. The van der Waals surface area contributed by atoms with Crippen LogP contribution in [0.4, 0.5) is 4.79 Å². The normalized spacial score (nSPS) is 13.2. The van der Waals surface area contributed by atoms with Crippen molar-refractivity contribution in [3.05, 3.63) is 0 Å². The molecule has 0 radical (unpaired) electrons. The summed E-state index contributed by atoms with van der Waals surface area (Å²) in [5.74, 6) is 0.722. The fourth-order valence-corrected chi connectivity index (χ4v) is 2.18. The number of hydrogen-bond donors (Lipinski definition) is 3. The number of rotatable bonds is 13. The molecule has 1 atom stereocenters. The van der Waals surface area contributed by atoms with E-state index < -0.39 is 11.7 Å². The number of hydrogen-bond acceptors (Lipinski definition) is 5. The van der Waals surface area contributed by atoms with E-state index in [4.69, 9.17) is 14.2 Å². The zero-order valence-electron chi connectivity index (χ0n) is 18.0. The molecule has 8 heteroatoms. The molecule has 0 aliphatic carbocycles. The van der Waals surface area contributed by atoms with Gasteiger partial charge in [-0.15, -0.1) is 0 Å². The van der Waals surface area contributed by atoms with Gasteiger partial charge >= 0.3 is 6.09 Å². The Morgan fingerprint density at radius 1 is 1.11 bits per heavy atom. The van der Waals surface area contributed by atoms with Crippen LogP contribution in [-0.4, -0.2) is 70.3 Å². The van der Waals surface area contributed by atoms with Crippen LogP contribution in [0.5, 0.6) is 0 Å². The Bertz CT molecular complexity index is 411. The van der Waals surface area contributed by atoms with E-state index in [9.17, 15) is 4.79 Å². The second-order valence-corrected chi connectivity index (χ2v) is 7.23. The number of carbonyl (C=O) groups is 1. The highest BCUT2D eigenvalue weighted by molar-refractivity contribution is 5.80. The van der Waals surface area contributed by atoms with Crippen LogP contribution in [0.25, 0.3) is 0 Å². The summed E-state index contributed by atoms with van der Waals surface area (Å²) in [5.41, 5.74) is -0.504. The third-order valence-corrected chi connectivity index (χ3v) is 3.42. The number of nitrogens with zero attached hydrogens (tertiary/aromatic N) is 1. The lowest BCUT2D eigenvalue weighted by molar-refractivity contribution is 0.0522. The monoisotopic (exact) mass is 388 g/mol. The van der Waals surface area contributed by atoms with Crippen molar-refractivity contribution >= 4 is 12.1 Å². The van der Waals surface area contributed by atoms with Gasteiger partial charge in [0.05, 0.1) is 26.4 Å². The number of aliphatic imine (C=N–C) groups is 1. The number of carbonyl (C=O) groups excluding carboxylic acids is 1. The molecule has 160 valence electrons. The minimum absolute atomic E-state index is 0.0738. The topological polar surface area (TPSA) is 93.2 Å². The Hall–Kier alpha value is -1.54. The summed E-state index contributed by atoms with van der Waals surface area (Å²) in [6.07, 6.45) is 2.68. The molecule has 3 N–H and O–H groups in total. The number of methoxy groups -OCH3 is 1. The average Bonchev–Trinajstić information content (AvgIpc) is 2.58. The van der Waals surface area contributed by atoms with E-state index in [1.165, 1.54) is 0 Å². The van der Waals surface area contributed by atoms with Gasteiger partial charge in [-0.1, -0.05) is 19.8 Å². The molecule has 0 saturated heterocycles. The van der Waals surface area contributed by atoms with Crippen molar-refractivity contribution in [1.82, 2.24) is 16.0 Å². The van der Waals surface area contributed by atoms with Crippen molar-refractivity contribution in [1.29, 1.82) is 0 Å². The summed E-state index contributed by atoms with van der Waals surface area (Å²) in [7, 11) is 1.65. The third kappa shape index (κ3) is 16.4. The lowest BCUT2D eigenvalue weighted by Gasteiger charge is -2.24. The molecule has 0 fully saturated rings. The number of unbranched alkanes of at least 4 members (excludes halogenated alkanes) is 1. The van der Waals surface area contributed by atoms with E-state index in [0.29, 0.717) is 32.9 Å². The van der Waals surface area contributed by atoms with Gasteiger partial charge in [0.25, 0.3) is 0 Å². The van der Waals surface area contributed by atoms with Gasteiger partial charge in [-0.3, -0.25) is 4.99 Å². The Balaban J connectivity index is 4.56. The Kier molecular flexibility index (Phi) is 14.6. The minimum Gasteiger partial charge on any atom is -0.444 e. The molecule has 0 aromatic rings. The molecule has 0 bridgehead atoms. The zero-order valence-corrected chi connectivity index (χ0v) is 18.0. The largest absolute Gasteiger partial charge is 0.444 e. The maximum absolute atomic E-state index is 11.9. The van der Waals surface area contributed by atoms with E-state index in [0.717, 1.165) is 31.8 Å². The molecule has 0 spiro atoms. The molecule has 0 heterocycles. The zero-order chi connectivity index (χ0) is 20.5. The standard InChI is InChI=1S/C19H40N4O4/c1-7-9-10-16(15-22-18(24)27-19(3,4)5)23-17(20-8-2)21-11-12-26-14-13-25-6/h16H,7-15H2,1-6H3,(H,22,24)(H2,20,21,23). The number of guanidine groups is 1. The molecule has 1 unspecified atom stereocenters. The molecular formula is C19H40N4O4. The van der Waals surface area contributed by atoms with Crippen molar-refractivity contribution in [3.8, 4) is 0 Å². The smallest absolute Gasteiger partial charge is 0.407 e. The van der Waals surface area contributed by atoms with Gasteiger partial charge in [-0.2, -0.15) is 0 Å². The van der Waals surface area contributed by atoms with E-state index >= 15 is 0 Å². The minimum atomic E-state index is -0.504. The van der Waals surface area contributed by atoms with Gasteiger partial charge < -0.3 is 30.2 Å². The summed E-state index contributed by atoms with van der Waals surface area (Å²) in [4.78, 5) is 16.4. The highest BCUT2D eigenvalue weighted by Gasteiger charge is 2.18. The Labute approximate surface area is 164 Å². The molecule has 0 aromatic heterocycles. The second kappa shape index (κ2) is 15.5. The van der Waals surface area contributed by atoms with Gasteiger partial charge in [0.1, 0.15) is 5.60 Å². The molecule has 0 aromatic carbocycles. The third-order valence-electron chi connectivity index (χ3n) is 3.42. The molecule has 0 saturated carbocycles. The van der Waals surface area contributed by atoms with Crippen LogP contribution < -0.4 is 16.0 Å². The van der Waals surface area contributed by atoms with Gasteiger partial charge in [0.15, 0.2) is 5.96 Å². The van der Waals surface area contributed by atoms with Crippen LogP contribution in [0.1, 0.15) is 53.9 Å². The molecule has 8 nitrogen and oxygen atoms in total. The SMILES string of the molecule is CCCCC(CNC(=O)OC(C)(C)C)NC(=NCCOCCOC)NCC. The van der Waals surface area contributed by atoms with Gasteiger partial charge in [0, 0.05) is 26.2 Å². The Morgan fingerprint density at radius 2 is 1.85 bits per heavy atom. The second-order valence-electron chi connectivity index (χ2n) is 7.23. The summed E-state index contributed by atoms with van der Waals surface area (Å²) in [5, 5.41) is 9.47.